The van der Waals surface area contributed by atoms with Gasteiger partial charge in [0, 0.05) is 32.2 Å². The van der Waals surface area contributed by atoms with Gasteiger partial charge >= 0.3 is 5.97 Å². The van der Waals surface area contributed by atoms with Gasteiger partial charge in [-0.1, -0.05) is 30.3 Å². The number of carbonyl (C=O) groups is 1. The molecule has 1 aromatic carbocycles. The van der Waals surface area contributed by atoms with Gasteiger partial charge in [-0.25, -0.2) is 0 Å². The fourth-order valence-corrected chi connectivity index (χ4v) is 2.46. The predicted molar refractivity (Wildman–Crippen MR) is 70.5 cm³/mol. The fraction of sp³-hybridized carbons (Fsp3) is 0.500. The summed E-state index contributed by atoms with van der Waals surface area (Å²) in [6.45, 7) is 3.53. The third-order valence-electron chi connectivity index (χ3n) is 3.49. The number of piperazine rings is 1. The van der Waals surface area contributed by atoms with Crippen molar-refractivity contribution in [2.45, 2.75) is 12.5 Å². The lowest BCUT2D eigenvalue weighted by molar-refractivity contribution is -0.137. The van der Waals surface area contributed by atoms with E-state index in [9.17, 15) is 4.79 Å². The van der Waals surface area contributed by atoms with Gasteiger partial charge < -0.3 is 10.0 Å². The van der Waals surface area contributed by atoms with Crippen molar-refractivity contribution >= 4 is 5.97 Å². The Hall–Kier alpha value is -1.39. The number of rotatable bonds is 4. The molecule has 0 radical (unpaired) electrons. The highest BCUT2D eigenvalue weighted by Crippen LogP contribution is 2.24. The van der Waals surface area contributed by atoms with Crippen LogP contribution in [0.5, 0.6) is 0 Å². The summed E-state index contributed by atoms with van der Waals surface area (Å²) >= 11 is 0. The second-order valence-electron chi connectivity index (χ2n) is 4.87. The lowest BCUT2D eigenvalue weighted by atomic mass is 10.0. The van der Waals surface area contributed by atoms with Crippen molar-refractivity contribution in [2.24, 2.45) is 0 Å². The monoisotopic (exact) mass is 248 g/mol. The highest BCUT2D eigenvalue weighted by molar-refractivity contribution is 5.66. The highest BCUT2D eigenvalue weighted by Gasteiger charge is 2.26. The van der Waals surface area contributed by atoms with Crippen LogP contribution in [0.15, 0.2) is 30.3 Å². The van der Waals surface area contributed by atoms with Gasteiger partial charge in [-0.3, -0.25) is 9.69 Å². The van der Waals surface area contributed by atoms with Gasteiger partial charge in [-0.05, 0) is 12.6 Å². The Morgan fingerprint density at radius 3 is 2.72 bits per heavy atom. The fourth-order valence-electron chi connectivity index (χ4n) is 2.46. The van der Waals surface area contributed by atoms with E-state index in [-0.39, 0.29) is 6.42 Å². The molecule has 0 aliphatic carbocycles. The van der Waals surface area contributed by atoms with Crippen LogP contribution in [0.2, 0.25) is 0 Å². The van der Waals surface area contributed by atoms with E-state index < -0.39 is 5.97 Å². The van der Waals surface area contributed by atoms with Crippen LogP contribution in [0, 0.1) is 0 Å². The number of carboxylic acids is 1. The van der Waals surface area contributed by atoms with E-state index in [4.69, 9.17) is 5.11 Å². The SMILES string of the molecule is CN1CCN(CCC(=O)O)[C@H](c2ccccc2)C1. The van der Waals surface area contributed by atoms with Gasteiger partial charge in [0.25, 0.3) is 0 Å². The normalized spacial score (nSPS) is 21.9. The van der Waals surface area contributed by atoms with E-state index >= 15 is 0 Å². The largest absolute Gasteiger partial charge is 0.481 e. The molecule has 1 aliphatic heterocycles. The number of carboxylic acid groups (broad SMARTS) is 1. The first-order chi connectivity index (χ1) is 8.66. The Labute approximate surface area is 108 Å². The van der Waals surface area contributed by atoms with E-state index in [1.807, 2.05) is 18.2 Å². The summed E-state index contributed by atoms with van der Waals surface area (Å²) in [6.07, 6.45) is 0.215. The summed E-state index contributed by atoms with van der Waals surface area (Å²) in [5, 5.41) is 8.82. The van der Waals surface area contributed by atoms with Crippen LogP contribution in [0.4, 0.5) is 0 Å². The smallest absolute Gasteiger partial charge is 0.304 e. The van der Waals surface area contributed by atoms with Crippen molar-refractivity contribution < 1.29 is 9.90 Å². The molecule has 0 aromatic heterocycles. The zero-order chi connectivity index (χ0) is 13.0. The zero-order valence-electron chi connectivity index (χ0n) is 10.7. The maximum atomic E-state index is 10.7. The second-order valence-corrected chi connectivity index (χ2v) is 4.87. The highest BCUT2D eigenvalue weighted by atomic mass is 16.4. The maximum Gasteiger partial charge on any atom is 0.304 e. The molecule has 0 bridgehead atoms. The molecule has 0 saturated carbocycles. The molecular formula is C14H20N2O2. The van der Waals surface area contributed by atoms with Crippen LogP contribution in [0.3, 0.4) is 0 Å². The van der Waals surface area contributed by atoms with Gasteiger partial charge in [0.15, 0.2) is 0 Å². The maximum absolute atomic E-state index is 10.7. The summed E-state index contributed by atoms with van der Waals surface area (Å²) in [6, 6.07) is 10.6. The van der Waals surface area contributed by atoms with Crippen LogP contribution >= 0.6 is 0 Å². The number of likely N-dealkylation sites (N-methyl/N-ethyl adjacent to an activating group) is 1. The van der Waals surface area contributed by atoms with E-state index in [1.54, 1.807) is 0 Å². The van der Waals surface area contributed by atoms with Gasteiger partial charge in [-0.15, -0.1) is 0 Å². The summed E-state index contributed by atoms with van der Waals surface area (Å²) in [5.74, 6) is -0.722. The van der Waals surface area contributed by atoms with E-state index in [0.29, 0.717) is 12.6 Å². The Morgan fingerprint density at radius 2 is 2.06 bits per heavy atom. The van der Waals surface area contributed by atoms with E-state index in [2.05, 4.69) is 29.0 Å². The number of hydrogen-bond donors (Lipinski definition) is 1. The summed E-state index contributed by atoms with van der Waals surface area (Å²) in [4.78, 5) is 15.3. The van der Waals surface area contributed by atoms with Crippen LogP contribution in [-0.2, 0) is 4.79 Å². The molecule has 18 heavy (non-hydrogen) atoms. The minimum atomic E-state index is -0.722. The number of hydrogen-bond acceptors (Lipinski definition) is 3. The first kappa shape index (κ1) is 13.1. The molecule has 4 heteroatoms. The lowest BCUT2D eigenvalue weighted by Gasteiger charge is -2.40. The molecule has 1 N–H and O–H groups in total. The van der Waals surface area contributed by atoms with E-state index in [1.165, 1.54) is 5.56 Å². The predicted octanol–water partition coefficient (Wildman–Crippen LogP) is 1.45. The van der Waals surface area contributed by atoms with Gasteiger partial charge in [0.2, 0.25) is 0 Å². The van der Waals surface area contributed by atoms with Crippen molar-refractivity contribution in [2.75, 3.05) is 33.2 Å². The van der Waals surface area contributed by atoms with Crippen molar-refractivity contribution in [1.29, 1.82) is 0 Å². The first-order valence-corrected chi connectivity index (χ1v) is 6.36. The lowest BCUT2D eigenvalue weighted by Crippen LogP contribution is -2.47. The Bertz CT molecular complexity index is 394. The average Bonchev–Trinajstić information content (AvgIpc) is 2.38. The molecule has 0 amide bonds. The molecule has 98 valence electrons. The molecule has 1 heterocycles. The third kappa shape index (κ3) is 3.31. The van der Waals surface area contributed by atoms with Crippen LogP contribution in [0.1, 0.15) is 18.0 Å². The average molecular weight is 248 g/mol. The molecule has 4 nitrogen and oxygen atoms in total. The van der Waals surface area contributed by atoms with Crippen LogP contribution in [0.25, 0.3) is 0 Å². The van der Waals surface area contributed by atoms with Gasteiger partial charge in [-0.2, -0.15) is 0 Å². The summed E-state index contributed by atoms with van der Waals surface area (Å²) in [7, 11) is 2.12. The topological polar surface area (TPSA) is 43.8 Å². The molecule has 1 atom stereocenters. The standard InChI is InChI=1S/C14H20N2O2/c1-15-9-10-16(8-7-14(17)18)13(11-15)12-5-3-2-4-6-12/h2-6,13H,7-11H2,1H3,(H,17,18)/t13-/m0/s1. The summed E-state index contributed by atoms with van der Waals surface area (Å²) in [5.41, 5.74) is 1.27. The van der Waals surface area contributed by atoms with Crippen molar-refractivity contribution in [3.63, 3.8) is 0 Å². The molecule has 2 rings (SSSR count). The zero-order valence-corrected chi connectivity index (χ0v) is 10.7. The van der Waals surface area contributed by atoms with Gasteiger partial charge in [0.1, 0.15) is 0 Å². The molecule has 1 saturated heterocycles. The minimum absolute atomic E-state index is 0.215. The second kappa shape index (κ2) is 5.98. The van der Waals surface area contributed by atoms with E-state index in [0.717, 1.165) is 19.6 Å². The molecular weight excluding hydrogens is 228 g/mol. The number of benzene rings is 1. The van der Waals surface area contributed by atoms with Crippen LogP contribution in [-0.4, -0.2) is 54.1 Å². The Balaban J connectivity index is 2.08. The third-order valence-corrected chi connectivity index (χ3v) is 3.49. The van der Waals surface area contributed by atoms with Gasteiger partial charge in [0.05, 0.1) is 6.42 Å². The Kier molecular flexibility index (Phi) is 4.33. The molecule has 1 aliphatic rings. The molecule has 1 fully saturated rings. The molecule has 0 spiro atoms. The molecule has 0 unspecified atom stereocenters. The Morgan fingerprint density at radius 1 is 1.33 bits per heavy atom. The quantitative estimate of drug-likeness (QED) is 0.876. The minimum Gasteiger partial charge on any atom is -0.481 e. The van der Waals surface area contributed by atoms with Crippen molar-refractivity contribution in [1.82, 2.24) is 9.80 Å². The van der Waals surface area contributed by atoms with Crippen LogP contribution < -0.4 is 0 Å². The first-order valence-electron chi connectivity index (χ1n) is 6.36. The molecule has 1 aromatic rings. The number of aliphatic carboxylic acids is 1. The summed E-state index contributed by atoms with van der Waals surface area (Å²) < 4.78 is 0. The van der Waals surface area contributed by atoms with Crippen molar-refractivity contribution in [3.8, 4) is 0 Å². The van der Waals surface area contributed by atoms with Crippen molar-refractivity contribution in [3.05, 3.63) is 35.9 Å². The number of nitrogens with zero attached hydrogens (tertiary/aromatic N) is 2.